The summed E-state index contributed by atoms with van der Waals surface area (Å²) in [5.74, 6) is 2.13. The van der Waals surface area contributed by atoms with E-state index in [9.17, 15) is 0 Å². The molecule has 3 rings (SSSR count). The molecule has 0 spiro atoms. The van der Waals surface area contributed by atoms with Crippen molar-refractivity contribution in [1.29, 1.82) is 0 Å². The molecule has 1 aliphatic heterocycles. The van der Waals surface area contributed by atoms with Gasteiger partial charge in [0.05, 0.1) is 36.7 Å². The van der Waals surface area contributed by atoms with Gasteiger partial charge in [-0.25, -0.2) is 4.98 Å². The molecule has 1 aromatic heterocycles. The van der Waals surface area contributed by atoms with Gasteiger partial charge in [-0.05, 0) is 25.0 Å². The third kappa shape index (κ3) is 2.42. The first kappa shape index (κ1) is 12.8. The number of methoxy groups -OCH3 is 1. The molecule has 2 heterocycles. The SMILES string of the molecule is COc1ccc2nc(CCl)n(CC3CCCO3)c2c1. The summed E-state index contributed by atoms with van der Waals surface area (Å²) in [4.78, 5) is 4.57. The Labute approximate surface area is 117 Å². The Morgan fingerprint density at radius 1 is 1.53 bits per heavy atom. The third-order valence-electron chi connectivity index (χ3n) is 3.56. The minimum atomic E-state index is 0.269. The van der Waals surface area contributed by atoms with E-state index < -0.39 is 0 Å². The van der Waals surface area contributed by atoms with Crippen LogP contribution in [0.2, 0.25) is 0 Å². The first-order chi connectivity index (χ1) is 9.31. The summed E-state index contributed by atoms with van der Waals surface area (Å²) in [6, 6.07) is 5.90. The Balaban J connectivity index is 2.02. The number of halogens is 1. The van der Waals surface area contributed by atoms with Gasteiger partial charge in [0, 0.05) is 12.7 Å². The summed E-state index contributed by atoms with van der Waals surface area (Å²) in [6.07, 6.45) is 2.51. The molecule has 0 saturated carbocycles. The lowest BCUT2D eigenvalue weighted by Crippen LogP contribution is -2.16. The molecule has 1 fully saturated rings. The predicted octanol–water partition coefficient (Wildman–Crippen LogP) is 2.96. The Morgan fingerprint density at radius 2 is 2.42 bits per heavy atom. The second-order valence-corrected chi connectivity index (χ2v) is 5.03. The van der Waals surface area contributed by atoms with Gasteiger partial charge >= 0.3 is 0 Å². The lowest BCUT2D eigenvalue weighted by atomic mass is 10.2. The molecule has 0 amide bonds. The maximum atomic E-state index is 6.01. The lowest BCUT2D eigenvalue weighted by Gasteiger charge is -2.13. The highest BCUT2D eigenvalue weighted by molar-refractivity contribution is 6.16. The van der Waals surface area contributed by atoms with Crippen molar-refractivity contribution in [3.63, 3.8) is 0 Å². The van der Waals surface area contributed by atoms with Crippen LogP contribution in [-0.4, -0.2) is 29.4 Å². The van der Waals surface area contributed by atoms with Crippen LogP contribution >= 0.6 is 11.6 Å². The van der Waals surface area contributed by atoms with Crippen molar-refractivity contribution in [2.24, 2.45) is 0 Å². The van der Waals surface area contributed by atoms with E-state index >= 15 is 0 Å². The van der Waals surface area contributed by atoms with E-state index in [0.29, 0.717) is 5.88 Å². The molecule has 1 saturated heterocycles. The minimum Gasteiger partial charge on any atom is -0.497 e. The van der Waals surface area contributed by atoms with Crippen molar-refractivity contribution in [1.82, 2.24) is 9.55 Å². The van der Waals surface area contributed by atoms with E-state index in [1.165, 1.54) is 0 Å². The average Bonchev–Trinajstić information content (AvgIpc) is 3.07. The van der Waals surface area contributed by atoms with Crippen molar-refractivity contribution in [2.75, 3.05) is 13.7 Å². The molecule has 1 unspecified atom stereocenters. The van der Waals surface area contributed by atoms with Gasteiger partial charge in [0.15, 0.2) is 0 Å². The number of imidazole rings is 1. The number of alkyl halides is 1. The van der Waals surface area contributed by atoms with Crippen LogP contribution in [0.4, 0.5) is 0 Å². The number of rotatable bonds is 4. The molecule has 5 heteroatoms. The standard InChI is InChI=1S/C14H17ClN2O2/c1-18-10-4-5-12-13(7-10)17(14(8-15)16-12)9-11-3-2-6-19-11/h4-5,7,11H,2-3,6,8-9H2,1H3. The molecular formula is C14H17ClN2O2. The quantitative estimate of drug-likeness (QED) is 0.808. The van der Waals surface area contributed by atoms with E-state index in [-0.39, 0.29) is 6.10 Å². The van der Waals surface area contributed by atoms with E-state index in [1.54, 1.807) is 7.11 Å². The molecule has 0 bridgehead atoms. The zero-order valence-corrected chi connectivity index (χ0v) is 11.7. The number of hydrogen-bond acceptors (Lipinski definition) is 3. The Morgan fingerprint density at radius 3 is 3.11 bits per heavy atom. The van der Waals surface area contributed by atoms with Crippen LogP contribution in [0.3, 0.4) is 0 Å². The zero-order valence-electron chi connectivity index (χ0n) is 10.9. The van der Waals surface area contributed by atoms with Crippen LogP contribution in [-0.2, 0) is 17.2 Å². The highest BCUT2D eigenvalue weighted by Gasteiger charge is 2.19. The van der Waals surface area contributed by atoms with Gasteiger partial charge in [-0.15, -0.1) is 11.6 Å². The van der Waals surface area contributed by atoms with Crippen LogP contribution in [0.25, 0.3) is 11.0 Å². The number of hydrogen-bond donors (Lipinski definition) is 0. The van der Waals surface area contributed by atoms with E-state index in [4.69, 9.17) is 21.1 Å². The molecule has 0 N–H and O–H groups in total. The zero-order chi connectivity index (χ0) is 13.2. The molecule has 102 valence electrons. The minimum absolute atomic E-state index is 0.269. The third-order valence-corrected chi connectivity index (χ3v) is 3.80. The van der Waals surface area contributed by atoms with Crippen molar-refractivity contribution in [3.8, 4) is 5.75 Å². The Kier molecular flexibility index (Phi) is 3.62. The fourth-order valence-electron chi connectivity index (χ4n) is 2.58. The average molecular weight is 281 g/mol. The molecule has 19 heavy (non-hydrogen) atoms. The summed E-state index contributed by atoms with van der Waals surface area (Å²) in [5.41, 5.74) is 2.01. The topological polar surface area (TPSA) is 36.3 Å². The smallest absolute Gasteiger partial charge is 0.124 e. The van der Waals surface area contributed by atoms with Crippen molar-refractivity contribution in [3.05, 3.63) is 24.0 Å². The molecule has 2 aromatic rings. The normalized spacial score (nSPS) is 19.2. The van der Waals surface area contributed by atoms with Gasteiger partial charge < -0.3 is 14.0 Å². The fraction of sp³-hybridized carbons (Fsp3) is 0.500. The van der Waals surface area contributed by atoms with Gasteiger partial charge in [-0.1, -0.05) is 0 Å². The fourth-order valence-corrected chi connectivity index (χ4v) is 2.78. The molecule has 1 aromatic carbocycles. The van der Waals surface area contributed by atoms with Crippen molar-refractivity contribution >= 4 is 22.6 Å². The summed E-state index contributed by atoms with van der Waals surface area (Å²) in [7, 11) is 1.67. The van der Waals surface area contributed by atoms with Gasteiger partial charge in [0.25, 0.3) is 0 Å². The van der Waals surface area contributed by atoms with Gasteiger partial charge in [0.1, 0.15) is 11.6 Å². The van der Waals surface area contributed by atoms with Gasteiger partial charge in [0.2, 0.25) is 0 Å². The Bertz CT molecular complexity index is 576. The molecule has 1 atom stereocenters. The second kappa shape index (κ2) is 5.39. The van der Waals surface area contributed by atoms with Crippen LogP contribution in [0.15, 0.2) is 18.2 Å². The van der Waals surface area contributed by atoms with E-state index in [1.807, 2.05) is 18.2 Å². The summed E-state index contributed by atoms with van der Waals surface area (Å²) < 4.78 is 13.1. The molecule has 4 nitrogen and oxygen atoms in total. The molecular weight excluding hydrogens is 264 g/mol. The van der Waals surface area contributed by atoms with E-state index in [2.05, 4.69) is 9.55 Å². The maximum absolute atomic E-state index is 6.01. The van der Waals surface area contributed by atoms with Crippen LogP contribution in [0.5, 0.6) is 5.75 Å². The molecule has 0 radical (unpaired) electrons. The number of aromatic nitrogens is 2. The van der Waals surface area contributed by atoms with E-state index in [0.717, 1.165) is 48.6 Å². The first-order valence-electron chi connectivity index (χ1n) is 6.52. The monoisotopic (exact) mass is 280 g/mol. The molecule has 0 aliphatic carbocycles. The highest BCUT2D eigenvalue weighted by Crippen LogP contribution is 2.25. The highest BCUT2D eigenvalue weighted by atomic mass is 35.5. The maximum Gasteiger partial charge on any atom is 0.124 e. The predicted molar refractivity (Wildman–Crippen MR) is 74.8 cm³/mol. The number of nitrogens with zero attached hydrogens (tertiary/aromatic N) is 2. The van der Waals surface area contributed by atoms with Gasteiger partial charge in [-0.3, -0.25) is 0 Å². The van der Waals surface area contributed by atoms with Crippen LogP contribution < -0.4 is 4.74 Å². The van der Waals surface area contributed by atoms with Crippen molar-refractivity contribution < 1.29 is 9.47 Å². The van der Waals surface area contributed by atoms with Crippen LogP contribution in [0, 0.1) is 0 Å². The summed E-state index contributed by atoms with van der Waals surface area (Å²) in [6.45, 7) is 1.67. The molecule has 1 aliphatic rings. The number of fused-ring (bicyclic) bond motifs is 1. The number of benzene rings is 1. The first-order valence-corrected chi connectivity index (χ1v) is 7.06. The number of ether oxygens (including phenoxy) is 2. The lowest BCUT2D eigenvalue weighted by molar-refractivity contribution is 0.0973. The van der Waals surface area contributed by atoms with Gasteiger partial charge in [-0.2, -0.15) is 0 Å². The largest absolute Gasteiger partial charge is 0.497 e. The second-order valence-electron chi connectivity index (χ2n) is 4.76. The summed E-state index contributed by atoms with van der Waals surface area (Å²) >= 11 is 6.01. The van der Waals surface area contributed by atoms with Crippen LogP contribution in [0.1, 0.15) is 18.7 Å². The van der Waals surface area contributed by atoms with Crippen molar-refractivity contribution in [2.45, 2.75) is 31.4 Å². The Hall–Kier alpha value is -1.26. The summed E-state index contributed by atoms with van der Waals surface area (Å²) in [5, 5.41) is 0.